The Hall–Kier alpha value is -0.860. The molecule has 2 atom stereocenters. The molecule has 1 rings (SSSR count). The lowest BCUT2D eigenvalue weighted by molar-refractivity contribution is -0.145. The smallest absolute Gasteiger partial charge is 0.233 e. The number of likely N-dealkylation sites (tertiary alicyclic amines) is 1. The summed E-state index contributed by atoms with van der Waals surface area (Å²) in [5.41, 5.74) is -0.380. The van der Waals surface area contributed by atoms with E-state index in [2.05, 4.69) is 13.8 Å². The zero-order valence-corrected chi connectivity index (χ0v) is 11.0. The molecule has 3 heteroatoms. The van der Waals surface area contributed by atoms with Crippen molar-refractivity contribution in [2.45, 2.75) is 59.4 Å². The Morgan fingerprint density at radius 2 is 1.94 bits per heavy atom. The number of imide groups is 1. The molecule has 16 heavy (non-hydrogen) atoms. The molecule has 0 aliphatic carbocycles. The number of carbonyl (C=O) groups is 2. The molecule has 2 amide bonds. The highest BCUT2D eigenvalue weighted by Gasteiger charge is 2.45. The summed E-state index contributed by atoms with van der Waals surface area (Å²) in [5.74, 6) is 0.240. The van der Waals surface area contributed by atoms with Crippen molar-refractivity contribution in [2.75, 3.05) is 0 Å². The van der Waals surface area contributed by atoms with Gasteiger partial charge in [0.2, 0.25) is 11.8 Å². The molecule has 0 saturated carbocycles. The van der Waals surface area contributed by atoms with Crippen LogP contribution in [0.4, 0.5) is 0 Å². The summed E-state index contributed by atoms with van der Waals surface area (Å²) >= 11 is 0. The lowest BCUT2D eigenvalue weighted by Crippen LogP contribution is -2.46. The van der Waals surface area contributed by atoms with Gasteiger partial charge in [0.25, 0.3) is 0 Å². The molecule has 0 aromatic rings. The second kappa shape index (κ2) is 4.56. The van der Waals surface area contributed by atoms with Crippen LogP contribution in [-0.2, 0) is 9.59 Å². The van der Waals surface area contributed by atoms with Crippen LogP contribution in [0.1, 0.15) is 53.9 Å². The zero-order valence-electron chi connectivity index (χ0n) is 11.0. The third-order valence-electron chi connectivity index (χ3n) is 3.28. The quantitative estimate of drug-likeness (QED) is 0.692. The number of amides is 2. The van der Waals surface area contributed by atoms with E-state index >= 15 is 0 Å². The Kier molecular flexibility index (Phi) is 3.76. The Bertz CT molecular complexity index is 291. The van der Waals surface area contributed by atoms with Crippen LogP contribution in [0.2, 0.25) is 0 Å². The normalized spacial score (nSPS) is 24.1. The van der Waals surface area contributed by atoms with Crippen LogP contribution in [0.3, 0.4) is 0 Å². The summed E-state index contributed by atoms with van der Waals surface area (Å²) in [4.78, 5) is 25.5. The summed E-state index contributed by atoms with van der Waals surface area (Å²) in [7, 11) is 0. The molecule has 92 valence electrons. The number of carbonyl (C=O) groups excluding carboxylic acids is 2. The van der Waals surface area contributed by atoms with E-state index in [0.29, 0.717) is 12.3 Å². The second-order valence-corrected chi connectivity index (χ2v) is 5.81. The maximum atomic E-state index is 12.2. The highest BCUT2D eigenvalue weighted by molar-refractivity contribution is 6.04. The predicted octanol–water partition coefficient (Wildman–Crippen LogP) is 2.60. The first kappa shape index (κ1) is 13.2. The van der Waals surface area contributed by atoms with E-state index in [1.807, 2.05) is 20.8 Å². The van der Waals surface area contributed by atoms with E-state index in [0.717, 1.165) is 12.8 Å². The highest BCUT2D eigenvalue weighted by Crippen LogP contribution is 2.33. The van der Waals surface area contributed by atoms with Gasteiger partial charge in [-0.2, -0.15) is 0 Å². The van der Waals surface area contributed by atoms with Gasteiger partial charge in [0.1, 0.15) is 0 Å². The van der Waals surface area contributed by atoms with Gasteiger partial charge in [0, 0.05) is 17.9 Å². The van der Waals surface area contributed by atoms with Crippen LogP contribution in [0.5, 0.6) is 0 Å². The molecule has 1 aliphatic rings. The maximum absolute atomic E-state index is 12.2. The van der Waals surface area contributed by atoms with Crippen molar-refractivity contribution in [3.63, 3.8) is 0 Å². The Balaban J connectivity index is 2.82. The predicted molar refractivity (Wildman–Crippen MR) is 63.8 cm³/mol. The van der Waals surface area contributed by atoms with Crippen LogP contribution < -0.4 is 0 Å². The van der Waals surface area contributed by atoms with Crippen molar-refractivity contribution in [1.29, 1.82) is 0 Å². The van der Waals surface area contributed by atoms with Gasteiger partial charge in [-0.25, -0.2) is 0 Å². The molecule has 1 fully saturated rings. The van der Waals surface area contributed by atoms with Gasteiger partial charge in [-0.3, -0.25) is 14.5 Å². The second-order valence-electron chi connectivity index (χ2n) is 5.81. The van der Waals surface area contributed by atoms with Gasteiger partial charge >= 0.3 is 0 Å². The first-order chi connectivity index (χ1) is 7.29. The van der Waals surface area contributed by atoms with Crippen molar-refractivity contribution in [3.8, 4) is 0 Å². The number of nitrogens with zero attached hydrogens (tertiary/aromatic N) is 1. The lowest BCUT2D eigenvalue weighted by Gasteiger charge is -2.30. The summed E-state index contributed by atoms with van der Waals surface area (Å²) in [6.07, 6.45) is 2.48. The monoisotopic (exact) mass is 225 g/mol. The van der Waals surface area contributed by atoms with Crippen LogP contribution >= 0.6 is 0 Å². The van der Waals surface area contributed by atoms with Crippen LogP contribution in [0, 0.1) is 11.8 Å². The SMILES string of the molecule is CCCC(C)C1CC(=O)N(C(C)(C)C)C1=O. The minimum atomic E-state index is -0.380. The average Bonchev–Trinajstić information content (AvgIpc) is 2.41. The number of hydrogen-bond donors (Lipinski definition) is 0. The van der Waals surface area contributed by atoms with Gasteiger partial charge in [-0.05, 0) is 26.7 Å². The lowest BCUT2D eigenvalue weighted by atomic mass is 9.89. The van der Waals surface area contributed by atoms with Crippen LogP contribution in [0.15, 0.2) is 0 Å². The van der Waals surface area contributed by atoms with Gasteiger partial charge in [0.15, 0.2) is 0 Å². The third kappa shape index (κ3) is 2.45. The molecular weight excluding hydrogens is 202 g/mol. The molecule has 1 heterocycles. The van der Waals surface area contributed by atoms with Crippen molar-refractivity contribution in [1.82, 2.24) is 4.90 Å². The Labute approximate surface area is 98.2 Å². The van der Waals surface area contributed by atoms with Crippen LogP contribution in [0.25, 0.3) is 0 Å². The van der Waals surface area contributed by atoms with Crippen LogP contribution in [-0.4, -0.2) is 22.3 Å². The summed E-state index contributed by atoms with van der Waals surface area (Å²) in [6, 6.07) is 0. The van der Waals surface area contributed by atoms with Crippen molar-refractivity contribution >= 4 is 11.8 Å². The molecule has 0 spiro atoms. The maximum Gasteiger partial charge on any atom is 0.233 e. The number of rotatable bonds is 3. The molecule has 1 saturated heterocycles. The Morgan fingerprint density at radius 1 is 1.38 bits per heavy atom. The first-order valence-corrected chi connectivity index (χ1v) is 6.16. The average molecular weight is 225 g/mol. The van der Waals surface area contributed by atoms with Gasteiger partial charge in [0.05, 0.1) is 0 Å². The van der Waals surface area contributed by atoms with E-state index in [1.54, 1.807) is 0 Å². The molecule has 0 radical (unpaired) electrons. The van der Waals surface area contributed by atoms with Crippen molar-refractivity contribution in [3.05, 3.63) is 0 Å². The molecule has 1 aliphatic heterocycles. The third-order valence-corrected chi connectivity index (χ3v) is 3.28. The molecule has 2 unspecified atom stereocenters. The summed E-state index contributed by atoms with van der Waals surface area (Å²) in [6.45, 7) is 9.92. The van der Waals surface area contributed by atoms with E-state index in [1.165, 1.54) is 4.90 Å². The Morgan fingerprint density at radius 3 is 2.31 bits per heavy atom. The standard InChI is InChI=1S/C13H23NO2/c1-6-7-9(2)10-8-11(15)14(12(10)16)13(3,4)5/h9-10H,6-8H2,1-5H3. The fraction of sp³-hybridized carbons (Fsp3) is 0.846. The minimum Gasteiger partial charge on any atom is -0.277 e. The fourth-order valence-corrected chi connectivity index (χ4v) is 2.46. The van der Waals surface area contributed by atoms with E-state index in [9.17, 15) is 9.59 Å². The van der Waals surface area contributed by atoms with E-state index < -0.39 is 0 Å². The van der Waals surface area contributed by atoms with Gasteiger partial charge in [-0.1, -0.05) is 26.7 Å². The van der Waals surface area contributed by atoms with Gasteiger partial charge in [-0.15, -0.1) is 0 Å². The highest BCUT2D eigenvalue weighted by atomic mass is 16.2. The molecular formula is C13H23NO2. The first-order valence-electron chi connectivity index (χ1n) is 6.16. The molecule has 0 aromatic carbocycles. The molecule has 0 bridgehead atoms. The largest absolute Gasteiger partial charge is 0.277 e. The van der Waals surface area contributed by atoms with E-state index in [4.69, 9.17) is 0 Å². The van der Waals surface area contributed by atoms with Gasteiger partial charge < -0.3 is 0 Å². The van der Waals surface area contributed by atoms with E-state index in [-0.39, 0.29) is 23.3 Å². The number of hydrogen-bond acceptors (Lipinski definition) is 2. The summed E-state index contributed by atoms with van der Waals surface area (Å²) < 4.78 is 0. The van der Waals surface area contributed by atoms with Crippen molar-refractivity contribution < 1.29 is 9.59 Å². The van der Waals surface area contributed by atoms with Crippen molar-refractivity contribution in [2.24, 2.45) is 11.8 Å². The topological polar surface area (TPSA) is 37.4 Å². The molecule has 0 N–H and O–H groups in total. The minimum absolute atomic E-state index is 0.00884. The summed E-state index contributed by atoms with van der Waals surface area (Å²) in [5, 5.41) is 0. The molecule has 3 nitrogen and oxygen atoms in total. The fourth-order valence-electron chi connectivity index (χ4n) is 2.46. The zero-order chi connectivity index (χ0) is 12.5. The molecule has 0 aromatic heterocycles.